The molecule has 0 fully saturated rings. The van der Waals surface area contributed by atoms with E-state index in [2.05, 4.69) is 25.2 Å². The molecule has 118 valence electrons. The van der Waals surface area contributed by atoms with Crippen molar-refractivity contribution in [1.82, 2.24) is 5.32 Å². The van der Waals surface area contributed by atoms with Crippen molar-refractivity contribution in [3.8, 4) is 0 Å². The summed E-state index contributed by atoms with van der Waals surface area (Å²) in [4.78, 5) is 12.5. The number of nitrogens with two attached hydrogens (primary N) is 1. The van der Waals surface area contributed by atoms with E-state index in [1.54, 1.807) is 0 Å². The second-order valence-corrected chi connectivity index (χ2v) is 5.97. The molecule has 5 heteroatoms. The van der Waals surface area contributed by atoms with Crippen molar-refractivity contribution < 1.29 is 9.53 Å². The highest BCUT2D eigenvalue weighted by atomic mass is 35.5. The lowest BCUT2D eigenvalue weighted by molar-refractivity contribution is -0.136. The number of amides is 1. The van der Waals surface area contributed by atoms with Gasteiger partial charge in [0, 0.05) is 6.54 Å². The highest BCUT2D eigenvalue weighted by Gasteiger charge is 2.34. The molecule has 3 N–H and O–H groups in total. The van der Waals surface area contributed by atoms with Gasteiger partial charge in [0.1, 0.15) is 0 Å². The van der Waals surface area contributed by atoms with E-state index in [0.29, 0.717) is 13.2 Å². The molecule has 2 unspecified atom stereocenters. The van der Waals surface area contributed by atoms with Crippen LogP contribution in [-0.2, 0) is 16.0 Å². The molecule has 2 rings (SSSR count). The average molecular weight is 313 g/mol. The third kappa shape index (κ3) is 3.76. The Morgan fingerprint density at radius 1 is 1.48 bits per heavy atom. The van der Waals surface area contributed by atoms with Crippen LogP contribution in [0.25, 0.3) is 0 Å². The van der Waals surface area contributed by atoms with Crippen LogP contribution in [0.15, 0.2) is 24.3 Å². The lowest BCUT2D eigenvalue weighted by atomic mass is 9.87. The number of carbonyl (C=O) groups excluding carboxylic acids is 1. The lowest BCUT2D eigenvalue weighted by Gasteiger charge is -2.36. The predicted octanol–water partition coefficient (Wildman–Crippen LogP) is 2.21. The number of halogens is 1. The Balaban J connectivity index is 0.00000220. The van der Waals surface area contributed by atoms with E-state index in [0.717, 1.165) is 12.0 Å². The minimum Gasteiger partial charge on any atom is -0.363 e. The standard InChI is InChI=1S/C16H24N2O2.ClH/c1-11(2)16(3,10-17)18-15(19)14-13-7-5-4-6-12(13)8-9-20-14;/h4-7,11,14H,8-10,17H2,1-3H3,(H,18,19);1H. The van der Waals surface area contributed by atoms with Crippen molar-refractivity contribution in [3.05, 3.63) is 35.4 Å². The van der Waals surface area contributed by atoms with Gasteiger partial charge in [0.2, 0.25) is 0 Å². The quantitative estimate of drug-likeness (QED) is 0.896. The zero-order valence-electron chi connectivity index (χ0n) is 12.9. The van der Waals surface area contributed by atoms with Crippen LogP contribution >= 0.6 is 12.4 Å². The van der Waals surface area contributed by atoms with Crippen LogP contribution in [-0.4, -0.2) is 24.6 Å². The molecule has 0 saturated heterocycles. The Morgan fingerprint density at radius 3 is 2.76 bits per heavy atom. The number of hydrogen-bond donors (Lipinski definition) is 2. The number of ether oxygens (including phenoxy) is 1. The molecule has 1 aliphatic heterocycles. The van der Waals surface area contributed by atoms with Crippen molar-refractivity contribution in [2.45, 2.75) is 38.8 Å². The van der Waals surface area contributed by atoms with Gasteiger partial charge in [0.25, 0.3) is 5.91 Å². The first-order chi connectivity index (χ1) is 9.48. The maximum absolute atomic E-state index is 12.5. The van der Waals surface area contributed by atoms with Crippen molar-refractivity contribution >= 4 is 18.3 Å². The molecule has 1 heterocycles. The van der Waals surface area contributed by atoms with Gasteiger partial charge in [-0.2, -0.15) is 0 Å². The molecule has 2 atom stereocenters. The summed E-state index contributed by atoms with van der Waals surface area (Å²) in [7, 11) is 0. The summed E-state index contributed by atoms with van der Waals surface area (Å²) in [6, 6.07) is 7.96. The SMILES string of the molecule is CC(C)C(C)(CN)NC(=O)C1OCCc2ccccc21.Cl. The molecular formula is C16H25ClN2O2. The molecule has 1 aromatic carbocycles. The topological polar surface area (TPSA) is 64.3 Å². The number of nitrogens with one attached hydrogen (secondary N) is 1. The van der Waals surface area contributed by atoms with Crippen LogP contribution in [0.1, 0.15) is 38.0 Å². The number of benzene rings is 1. The first-order valence-electron chi connectivity index (χ1n) is 7.19. The molecule has 0 spiro atoms. The Labute approximate surface area is 132 Å². The van der Waals surface area contributed by atoms with Crippen LogP contribution < -0.4 is 11.1 Å². The molecule has 4 nitrogen and oxygen atoms in total. The second kappa shape index (κ2) is 7.25. The summed E-state index contributed by atoms with van der Waals surface area (Å²) in [6.07, 6.45) is 0.336. The smallest absolute Gasteiger partial charge is 0.254 e. The molecule has 0 saturated carbocycles. The first-order valence-corrected chi connectivity index (χ1v) is 7.19. The number of carbonyl (C=O) groups is 1. The monoisotopic (exact) mass is 312 g/mol. The summed E-state index contributed by atoms with van der Waals surface area (Å²) in [5, 5.41) is 3.06. The van der Waals surface area contributed by atoms with Gasteiger partial charge < -0.3 is 15.8 Å². The van der Waals surface area contributed by atoms with Gasteiger partial charge in [-0.3, -0.25) is 4.79 Å². The maximum Gasteiger partial charge on any atom is 0.254 e. The average Bonchev–Trinajstić information content (AvgIpc) is 2.46. The Hall–Kier alpha value is -1.10. The molecular weight excluding hydrogens is 288 g/mol. The largest absolute Gasteiger partial charge is 0.363 e. The van der Waals surface area contributed by atoms with Crippen LogP contribution in [0.5, 0.6) is 0 Å². The Kier molecular flexibility index (Phi) is 6.20. The maximum atomic E-state index is 12.5. The van der Waals surface area contributed by atoms with Gasteiger partial charge >= 0.3 is 0 Å². The van der Waals surface area contributed by atoms with Gasteiger partial charge in [-0.25, -0.2) is 0 Å². The first kappa shape index (κ1) is 18.0. The van der Waals surface area contributed by atoms with Gasteiger partial charge in [0.05, 0.1) is 12.1 Å². The van der Waals surface area contributed by atoms with Crippen molar-refractivity contribution in [2.24, 2.45) is 11.7 Å². The predicted molar refractivity (Wildman–Crippen MR) is 86.5 cm³/mol. The third-order valence-corrected chi connectivity index (χ3v) is 4.34. The van der Waals surface area contributed by atoms with Gasteiger partial charge in [-0.05, 0) is 30.4 Å². The fraction of sp³-hybridized carbons (Fsp3) is 0.562. The molecule has 0 aromatic heterocycles. The summed E-state index contributed by atoms with van der Waals surface area (Å²) >= 11 is 0. The normalized spacial score (nSPS) is 20.1. The Bertz CT molecular complexity index is 493. The second-order valence-electron chi connectivity index (χ2n) is 5.97. The molecule has 0 bridgehead atoms. The number of fused-ring (bicyclic) bond motifs is 1. The zero-order valence-corrected chi connectivity index (χ0v) is 13.7. The molecule has 1 aliphatic rings. The highest BCUT2D eigenvalue weighted by Crippen LogP contribution is 2.28. The fourth-order valence-corrected chi connectivity index (χ4v) is 2.39. The van der Waals surface area contributed by atoms with E-state index < -0.39 is 11.6 Å². The van der Waals surface area contributed by atoms with Crippen LogP contribution in [0.3, 0.4) is 0 Å². The summed E-state index contributed by atoms with van der Waals surface area (Å²) in [5.74, 6) is 0.161. The molecule has 1 aromatic rings. The third-order valence-electron chi connectivity index (χ3n) is 4.34. The molecule has 1 amide bonds. The van der Waals surface area contributed by atoms with E-state index in [1.165, 1.54) is 5.56 Å². The van der Waals surface area contributed by atoms with Crippen molar-refractivity contribution in [2.75, 3.05) is 13.2 Å². The van der Waals surface area contributed by atoms with Crippen molar-refractivity contribution in [1.29, 1.82) is 0 Å². The van der Waals surface area contributed by atoms with E-state index in [-0.39, 0.29) is 24.2 Å². The van der Waals surface area contributed by atoms with Crippen LogP contribution in [0.4, 0.5) is 0 Å². The van der Waals surface area contributed by atoms with Crippen LogP contribution in [0.2, 0.25) is 0 Å². The molecule has 0 aliphatic carbocycles. The Morgan fingerprint density at radius 2 is 2.14 bits per heavy atom. The van der Waals surface area contributed by atoms with Gasteiger partial charge in [0.15, 0.2) is 6.10 Å². The van der Waals surface area contributed by atoms with Crippen LogP contribution in [0, 0.1) is 5.92 Å². The summed E-state index contributed by atoms with van der Waals surface area (Å²) < 4.78 is 5.68. The summed E-state index contributed by atoms with van der Waals surface area (Å²) in [6.45, 7) is 7.08. The van der Waals surface area contributed by atoms with E-state index in [4.69, 9.17) is 10.5 Å². The minimum atomic E-state index is -0.524. The number of hydrogen-bond acceptors (Lipinski definition) is 3. The fourth-order valence-electron chi connectivity index (χ4n) is 2.39. The lowest BCUT2D eigenvalue weighted by Crippen LogP contribution is -2.56. The molecule has 0 radical (unpaired) electrons. The summed E-state index contributed by atoms with van der Waals surface area (Å²) in [5.41, 5.74) is 7.58. The van der Waals surface area contributed by atoms with E-state index >= 15 is 0 Å². The van der Waals surface area contributed by atoms with E-state index in [9.17, 15) is 4.79 Å². The number of rotatable bonds is 4. The zero-order chi connectivity index (χ0) is 14.8. The minimum absolute atomic E-state index is 0. The highest BCUT2D eigenvalue weighted by molar-refractivity contribution is 5.85. The van der Waals surface area contributed by atoms with Gasteiger partial charge in [-0.15, -0.1) is 12.4 Å². The molecule has 21 heavy (non-hydrogen) atoms. The van der Waals surface area contributed by atoms with Gasteiger partial charge in [-0.1, -0.05) is 38.1 Å². The van der Waals surface area contributed by atoms with E-state index in [1.807, 2.05) is 25.1 Å². The van der Waals surface area contributed by atoms with Crippen molar-refractivity contribution in [3.63, 3.8) is 0 Å².